The quantitative estimate of drug-likeness (QED) is 0.815. The molecule has 0 radical (unpaired) electrons. The summed E-state index contributed by atoms with van der Waals surface area (Å²) in [7, 11) is -0.707. The molecule has 0 atom stereocenters. The highest BCUT2D eigenvalue weighted by Gasteiger charge is 2.13. The third kappa shape index (κ3) is 4.36. The van der Waals surface area contributed by atoms with Crippen molar-refractivity contribution in [3.63, 3.8) is 0 Å². The van der Waals surface area contributed by atoms with Gasteiger partial charge >= 0.3 is 10.2 Å². The highest BCUT2D eigenvalue weighted by Crippen LogP contribution is 2.09. The standard InChI is InChI=1S/C12H16N6O2S/c1-18(2)21(19,20)17-12-6-5-11(15-16-12)14-9-10-4-3-7-13-8-10/h3-8H,9H2,1-2H3,(H,14,15)(H,16,17). The predicted molar refractivity (Wildman–Crippen MR) is 79.8 cm³/mol. The summed E-state index contributed by atoms with van der Waals surface area (Å²) in [6.07, 6.45) is 3.45. The Hall–Kier alpha value is -2.26. The number of nitrogens with one attached hydrogen (secondary N) is 2. The summed E-state index contributed by atoms with van der Waals surface area (Å²) in [5.74, 6) is 0.710. The van der Waals surface area contributed by atoms with Crippen LogP contribution in [-0.4, -0.2) is 42.0 Å². The summed E-state index contributed by atoms with van der Waals surface area (Å²) < 4.78 is 26.6. The Balaban J connectivity index is 1.96. The SMILES string of the molecule is CN(C)S(=O)(=O)Nc1ccc(NCc2cccnc2)nn1. The molecule has 0 aliphatic rings. The fraction of sp³-hybridized carbons (Fsp3) is 0.250. The lowest BCUT2D eigenvalue weighted by atomic mass is 10.3. The van der Waals surface area contributed by atoms with E-state index in [1.165, 1.54) is 14.1 Å². The van der Waals surface area contributed by atoms with Gasteiger partial charge in [0.2, 0.25) is 0 Å². The van der Waals surface area contributed by atoms with E-state index in [2.05, 4.69) is 25.2 Å². The number of hydrogen-bond acceptors (Lipinski definition) is 6. The van der Waals surface area contributed by atoms with Crippen LogP contribution < -0.4 is 10.0 Å². The van der Waals surface area contributed by atoms with Gasteiger partial charge in [-0.1, -0.05) is 6.07 Å². The molecule has 21 heavy (non-hydrogen) atoms. The van der Waals surface area contributed by atoms with Crippen LogP contribution in [0.4, 0.5) is 11.6 Å². The summed E-state index contributed by atoms with van der Waals surface area (Å²) in [5, 5.41) is 10.8. The Bertz CT molecular complexity index is 673. The van der Waals surface area contributed by atoms with E-state index in [1.54, 1.807) is 24.5 Å². The van der Waals surface area contributed by atoms with Gasteiger partial charge in [-0.05, 0) is 23.8 Å². The van der Waals surface area contributed by atoms with Gasteiger partial charge in [-0.3, -0.25) is 9.71 Å². The lowest BCUT2D eigenvalue weighted by molar-refractivity contribution is 0.526. The molecular weight excluding hydrogens is 292 g/mol. The molecule has 2 rings (SSSR count). The van der Waals surface area contributed by atoms with Crippen LogP contribution >= 0.6 is 0 Å². The molecule has 2 N–H and O–H groups in total. The van der Waals surface area contributed by atoms with Gasteiger partial charge in [0.15, 0.2) is 5.82 Å². The van der Waals surface area contributed by atoms with Crippen LogP contribution in [0.15, 0.2) is 36.7 Å². The van der Waals surface area contributed by atoms with Gasteiger partial charge in [0.05, 0.1) is 0 Å². The van der Waals surface area contributed by atoms with Gasteiger partial charge < -0.3 is 5.32 Å². The average Bonchev–Trinajstić information content (AvgIpc) is 2.47. The van der Waals surface area contributed by atoms with Crippen molar-refractivity contribution in [3.05, 3.63) is 42.2 Å². The van der Waals surface area contributed by atoms with E-state index in [0.29, 0.717) is 12.4 Å². The molecule has 0 aliphatic heterocycles. The second-order valence-electron chi connectivity index (χ2n) is 4.41. The topological polar surface area (TPSA) is 100 Å². The highest BCUT2D eigenvalue weighted by molar-refractivity contribution is 7.90. The summed E-state index contributed by atoms with van der Waals surface area (Å²) in [4.78, 5) is 4.01. The van der Waals surface area contributed by atoms with Gasteiger partial charge in [0.1, 0.15) is 5.82 Å². The van der Waals surface area contributed by atoms with Crippen molar-refractivity contribution in [1.29, 1.82) is 0 Å². The second kappa shape index (κ2) is 6.46. The minimum atomic E-state index is -3.57. The average molecular weight is 308 g/mol. The van der Waals surface area contributed by atoms with Crippen LogP contribution in [0, 0.1) is 0 Å². The van der Waals surface area contributed by atoms with Crippen LogP contribution in [0.1, 0.15) is 5.56 Å². The zero-order valence-electron chi connectivity index (χ0n) is 11.7. The van der Waals surface area contributed by atoms with Crippen LogP contribution in [0.3, 0.4) is 0 Å². The number of nitrogens with zero attached hydrogens (tertiary/aromatic N) is 4. The molecule has 2 aromatic rings. The van der Waals surface area contributed by atoms with Gasteiger partial charge in [0, 0.05) is 33.0 Å². The molecule has 0 bridgehead atoms. The molecule has 0 spiro atoms. The normalized spacial score (nSPS) is 11.4. The molecular formula is C12H16N6O2S. The molecule has 0 unspecified atom stereocenters. The minimum Gasteiger partial charge on any atom is -0.364 e. The van der Waals surface area contributed by atoms with Gasteiger partial charge in [-0.2, -0.15) is 12.7 Å². The Morgan fingerprint density at radius 2 is 1.86 bits per heavy atom. The Kier molecular flexibility index (Phi) is 4.66. The van der Waals surface area contributed by atoms with Crippen LogP contribution in [-0.2, 0) is 16.8 Å². The third-order valence-corrected chi connectivity index (χ3v) is 4.00. The Morgan fingerprint density at radius 3 is 2.43 bits per heavy atom. The van der Waals surface area contributed by atoms with Gasteiger partial charge in [-0.25, -0.2) is 0 Å². The molecule has 0 fully saturated rings. The monoisotopic (exact) mass is 308 g/mol. The maximum Gasteiger partial charge on any atom is 0.302 e. The lowest BCUT2D eigenvalue weighted by Crippen LogP contribution is -2.29. The first kappa shape index (κ1) is 15.1. The van der Waals surface area contributed by atoms with Crippen LogP contribution in [0.2, 0.25) is 0 Å². The Labute approximate surface area is 123 Å². The molecule has 112 valence electrons. The maximum absolute atomic E-state index is 11.6. The fourth-order valence-corrected chi connectivity index (χ4v) is 1.96. The molecule has 0 saturated heterocycles. The first-order valence-electron chi connectivity index (χ1n) is 6.14. The van der Waals surface area contributed by atoms with Gasteiger partial charge in [-0.15, -0.1) is 10.2 Å². The minimum absolute atomic E-state index is 0.163. The number of pyridine rings is 1. The van der Waals surface area contributed by atoms with E-state index in [4.69, 9.17) is 0 Å². The summed E-state index contributed by atoms with van der Waals surface area (Å²) in [6, 6.07) is 6.98. The van der Waals surface area contributed by atoms with Crippen molar-refractivity contribution in [1.82, 2.24) is 19.5 Å². The van der Waals surface area contributed by atoms with Crippen molar-refractivity contribution in [2.45, 2.75) is 6.54 Å². The molecule has 0 aromatic carbocycles. The molecule has 2 aromatic heterocycles. The molecule has 2 heterocycles. The van der Waals surface area contributed by atoms with E-state index in [1.807, 2.05) is 12.1 Å². The summed E-state index contributed by atoms with van der Waals surface area (Å²) in [6.45, 7) is 0.561. The smallest absolute Gasteiger partial charge is 0.302 e. The van der Waals surface area contributed by atoms with Crippen molar-refractivity contribution in [3.8, 4) is 0 Å². The highest BCUT2D eigenvalue weighted by atomic mass is 32.2. The van der Waals surface area contributed by atoms with E-state index in [9.17, 15) is 8.42 Å². The molecule has 9 heteroatoms. The Morgan fingerprint density at radius 1 is 1.14 bits per heavy atom. The third-order valence-electron chi connectivity index (χ3n) is 2.58. The van der Waals surface area contributed by atoms with Gasteiger partial charge in [0.25, 0.3) is 0 Å². The van der Waals surface area contributed by atoms with Crippen LogP contribution in [0.5, 0.6) is 0 Å². The van der Waals surface area contributed by atoms with Crippen LogP contribution in [0.25, 0.3) is 0 Å². The molecule has 0 aliphatic carbocycles. The first-order chi connectivity index (χ1) is 9.97. The fourth-order valence-electron chi connectivity index (χ4n) is 1.40. The number of hydrogen-bond donors (Lipinski definition) is 2. The molecule has 0 saturated carbocycles. The summed E-state index contributed by atoms with van der Waals surface area (Å²) >= 11 is 0. The molecule has 8 nitrogen and oxygen atoms in total. The molecule has 0 amide bonds. The van der Waals surface area contributed by atoms with Crippen molar-refractivity contribution in [2.24, 2.45) is 0 Å². The van der Waals surface area contributed by atoms with E-state index in [-0.39, 0.29) is 5.82 Å². The zero-order chi connectivity index (χ0) is 15.3. The second-order valence-corrected chi connectivity index (χ2v) is 6.29. The maximum atomic E-state index is 11.6. The summed E-state index contributed by atoms with van der Waals surface area (Å²) in [5.41, 5.74) is 1.01. The number of rotatable bonds is 6. The van der Waals surface area contributed by atoms with E-state index >= 15 is 0 Å². The van der Waals surface area contributed by atoms with E-state index < -0.39 is 10.2 Å². The number of aromatic nitrogens is 3. The van der Waals surface area contributed by atoms with Crippen molar-refractivity contribution < 1.29 is 8.42 Å². The van der Waals surface area contributed by atoms with E-state index in [0.717, 1.165) is 9.87 Å². The number of anilines is 2. The van der Waals surface area contributed by atoms with Crippen molar-refractivity contribution >= 4 is 21.8 Å². The zero-order valence-corrected chi connectivity index (χ0v) is 12.5. The van der Waals surface area contributed by atoms with Crippen molar-refractivity contribution in [2.75, 3.05) is 24.1 Å². The predicted octanol–water partition coefficient (Wildman–Crippen LogP) is 0.702. The first-order valence-corrected chi connectivity index (χ1v) is 7.58. The largest absolute Gasteiger partial charge is 0.364 e. The lowest BCUT2D eigenvalue weighted by Gasteiger charge is -2.12.